The second kappa shape index (κ2) is 7.38. The molecule has 1 saturated heterocycles. The van der Waals surface area contributed by atoms with Gasteiger partial charge in [0.25, 0.3) is 0 Å². The molecule has 1 unspecified atom stereocenters. The van der Waals surface area contributed by atoms with Crippen molar-refractivity contribution in [2.24, 2.45) is 0 Å². The van der Waals surface area contributed by atoms with Crippen LogP contribution in [-0.4, -0.2) is 50.2 Å². The van der Waals surface area contributed by atoms with Crippen molar-refractivity contribution in [3.63, 3.8) is 0 Å². The maximum Gasteiger partial charge on any atom is 0.330 e. The normalized spacial score (nSPS) is 19.8. The summed E-state index contributed by atoms with van der Waals surface area (Å²) in [6, 6.07) is 0. The molecule has 0 saturated carbocycles. The van der Waals surface area contributed by atoms with Crippen molar-refractivity contribution in [3.8, 4) is 0 Å². The highest BCUT2D eigenvalue weighted by Gasteiger charge is 2.21. The van der Waals surface area contributed by atoms with Crippen LogP contribution in [0.4, 0.5) is 0 Å². The van der Waals surface area contributed by atoms with Crippen LogP contribution in [0.15, 0.2) is 11.6 Å². The predicted octanol–water partition coefficient (Wildman–Crippen LogP) is 0.839. The molecule has 1 fully saturated rings. The molecule has 0 aromatic carbocycles. The van der Waals surface area contributed by atoms with E-state index in [1.807, 2.05) is 0 Å². The molecule has 0 aromatic heterocycles. The number of hydrogen-bond donors (Lipinski definition) is 1. The number of carboxylic acid groups (broad SMARTS) is 1. The molecule has 1 heterocycles. The van der Waals surface area contributed by atoms with Gasteiger partial charge in [-0.2, -0.15) is 0 Å². The number of carbonyl (C=O) groups is 1. The molecule has 1 aliphatic rings. The lowest BCUT2D eigenvalue weighted by atomic mass is 10.2. The smallest absolute Gasteiger partial charge is 0.330 e. The topological polar surface area (TPSA) is 68.3 Å². The van der Waals surface area contributed by atoms with Crippen molar-refractivity contribution in [2.75, 3.05) is 33.0 Å². The van der Waals surface area contributed by atoms with Crippen molar-refractivity contribution in [1.29, 1.82) is 0 Å². The van der Waals surface area contributed by atoms with Crippen molar-refractivity contribution >= 4 is 5.97 Å². The summed E-state index contributed by atoms with van der Waals surface area (Å²) < 4.78 is 15.5. The van der Waals surface area contributed by atoms with Gasteiger partial charge in [-0.25, -0.2) is 4.79 Å². The van der Waals surface area contributed by atoms with E-state index in [1.54, 1.807) is 13.0 Å². The van der Waals surface area contributed by atoms with Gasteiger partial charge in [0.15, 0.2) is 0 Å². The van der Waals surface area contributed by atoms with E-state index in [0.29, 0.717) is 44.5 Å². The Morgan fingerprint density at radius 1 is 1.44 bits per heavy atom. The van der Waals surface area contributed by atoms with E-state index in [-0.39, 0.29) is 0 Å². The average Bonchev–Trinajstić information content (AvgIpc) is 3.05. The third-order valence-electron chi connectivity index (χ3n) is 2.13. The zero-order valence-corrected chi connectivity index (χ0v) is 9.48. The molecule has 0 aliphatic carbocycles. The molecule has 1 rings (SSSR count). The van der Waals surface area contributed by atoms with E-state index in [0.717, 1.165) is 6.61 Å². The molecule has 0 radical (unpaired) electrons. The van der Waals surface area contributed by atoms with Gasteiger partial charge in [0, 0.05) is 5.57 Å². The SMILES string of the molecule is CC(=CCCOCCOCC1CO1)C(=O)O. The van der Waals surface area contributed by atoms with Gasteiger partial charge in [0.05, 0.1) is 33.0 Å². The standard InChI is InChI=1S/C11H18O5/c1-9(11(12)13)3-2-4-14-5-6-15-7-10-8-16-10/h3,10H,2,4-8H2,1H3,(H,12,13). The van der Waals surface area contributed by atoms with Gasteiger partial charge >= 0.3 is 5.97 Å². The van der Waals surface area contributed by atoms with E-state index < -0.39 is 5.97 Å². The first-order valence-corrected chi connectivity index (χ1v) is 5.37. The predicted molar refractivity (Wildman–Crippen MR) is 57.4 cm³/mol. The van der Waals surface area contributed by atoms with Crippen LogP contribution in [0.3, 0.4) is 0 Å². The lowest BCUT2D eigenvalue weighted by molar-refractivity contribution is -0.132. The van der Waals surface area contributed by atoms with Gasteiger partial charge in [-0.1, -0.05) is 6.08 Å². The summed E-state index contributed by atoms with van der Waals surface area (Å²) in [5, 5.41) is 8.57. The van der Waals surface area contributed by atoms with Crippen molar-refractivity contribution in [3.05, 3.63) is 11.6 Å². The summed E-state index contributed by atoms with van der Waals surface area (Å²) in [5.41, 5.74) is 0.353. The minimum absolute atomic E-state index is 0.293. The van der Waals surface area contributed by atoms with E-state index in [1.165, 1.54) is 0 Å². The number of hydrogen-bond acceptors (Lipinski definition) is 4. The largest absolute Gasteiger partial charge is 0.478 e. The molecule has 5 nitrogen and oxygen atoms in total. The van der Waals surface area contributed by atoms with Crippen LogP contribution in [0.5, 0.6) is 0 Å². The molecule has 1 aliphatic heterocycles. The summed E-state index contributed by atoms with van der Waals surface area (Å²) in [7, 11) is 0. The number of aliphatic carboxylic acids is 1. The Morgan fingerprint density at radius 2 is 2.12 bits per heavy atom. The fourth-order valence-corrected chi connectivity index (χ4v) is 1.05. The molecule has 92 valence electrons. The summed E-state index contributed by atoms with van der Waals surface area (Å²) in [5.74, 6) is -0.882. The number of ether oxygens (including phenoxy) is 3. The van der Waals surface area contributed by atoms with Crippen LogP contribution in [0.2, 0.25) is 0 Å². The van der Waals surface area contributed by atoms with Gasteiger partial charge in [0.1, 0.15) is 6.10 Å². The molecule has 0 bridgehead atoms. The first-order valence-electron chi connectivity index (χ1n) is 5.37. The molecular weight excluding hydrogens is 212 g/mol. The Kier molecular flexibility index (Phi) is 6.07. The quantitative estimate of drug-likeness (QED) is 0.361. The summed E-state index contributed by atoms with van der Waals surface area (Å²) in [6.45, 7) is 4.63. The summed E-state index contributed by atoms with van der Waals surface area (Å²) in [4.78, 5) is 10.4. The first-order chi connectivity index (χ1) is 7.70. The van der Waals surface area contributed by atoms with E-state index in [4.69, 9.17) is 19.3 Å². The average molecular weight is 230 g/mol. The van der Waals surface area contributed by atoms with Crippen LogP contribution in [-0.2, 0) is 19.0 Å². The lowest BCUT2D eigenvalue weighted by Gasteiger charge is -2.03. The van der Waals surface area contributed by atoms with Crippen molar-refractivity contribution in [2.45, 2.75) is 19.4 Å². The van der Waals surface area contributed by atoms with E-state index in [2.05, 4.69) is 0 Å². The molecule has 0 spiro atoms. The van der Waals surface area contributed by atoms with E-state index >= 15 is 0 Å². The first kappa shape index (κ1) is 13.2. The Bertz CT molecular complexity index is 245. The Balaban J connectivity index is 1.83. The molecule has 0 aromatic rings. The molecule has 1 atom stereocenters. The number of carboxylic acids is 1. The van der Waals surface area contributed by atoms with Gasteiger partial charge in [-0.05, 0) is 13.3 Å². The fraction of sp³-hybridized carbons (Fsp3) is 0.727. The Morgan fingerprint density at radius 3 is 2.75 bits per heavy atom. The van der Waals surface area contributed by atoms with Gasteiger partial charge < -0.3 is 19.3 Å². The molecule has 0 amide bonds. The zero-order valence-electron chi connectivity index (χ0n) is 9.48. The lowest BCUT2D eigenvalue weighted by Crippen LogP contribution is -2.08. The van der Waals surface area contributed by atoms with Gasteiger partial charge in [-0.3, -0.25) is 0 Å². The van der Waals surface area contributed by atoms with Crippen LogP contribution < -0.4 is 0 Å². The molecule has 1 N–H and O–H groups in total. The minimum Gasteiger partial charge on any atom is -0.478 e. The van der Waals surface area contributed by atoms with Crippen LogP contribution in [0.1, 0.15) is 13.3 Å². The van der Waals surface area contributed by atoms with Crippen molar-refractivity contribution in [1.82, 2.24) is 0 Å². The Hall–Kier alpha value is -0.910. The summed E-state index contributed by atoms with van der Waals surface area (Å²) in [6.07, 6.45) is 2.56. The highest BCUT2D eigenvalue weighted by atomic mass is 16.6. The van der Waals surface area contributed by atoms with Crippen LogP contribution in [0, 0.1) is 0 Å². The third-order valence-corrected chi connectivity index (χ3v) is 2.13. The maximum atomic E-state index is 10.4. The molecular formula is C11H18O5. The van der Waals surface area contributed by atoms with Crippen molar-refractivity contribution < 1.29 is 24.1 Å². The third kappa shape index (κ3) is 6.55. The second-order valence-electron chi connectivity index (χ2n) is 3.62. The van der Waals surface area contributed by atoms with Gasteiger partial charge in [0.2, 0.25) is 0 Å². The Labute approximate surface area is 95.0 Å². The highest BCUT2D eigenvalue weighted by Crippen LogP contribution is 2.07. The number of rotatable bonds is 9. The summed E-state index contributed by atoms with van der Waals surface area (Å²) >= 11 is 0. The highest BCUT2D eigenvalue weighted by molar-refractivity contribution is 5.85. The second-order valence-corrected chi connectivity index (χ2v) is 3.62. The number of epoxide rings is 1. The van der Waals surface area contributed by atoms with Crippen LogP contribution >= 0.6 is 0 Å². The zero-order chi connectivity index (χ0) is 11.8. The monoisotopic (exact) mass is 230 g/mol. The van der Waals surface area contributed by atoms with Crippen LogP contribution in [0.25, 0.3) is 0 Å². The maximum absolute atomic E-state index is 10.4. The minimum atomic E-state index is -0.882. The molecule has 16 heavy (non-hydrogen) atoms. The fourth-order valence-electron chi connectivity index (χ4n) is 1.05. The van der Waals surface area contributed by atoms with Gasteiger partial charge in [-0.15, -0.1) is 0 Å². The van der Waals surface area contributed by atoms with E-state index in [9.17, 15) is 4.79 Å². The molecule has 5 heteroatoms.